The van der Waals surface area contributed by atoms with E-state index in [1.807, 2.05) is 6.92 Å². The third kappa shape index (κ3) is 2.93. The lowest BCUT2D eigenvalue weighted by atomic mass is 9.83. The van der Waals surface area contributed by atoms with Gasteiger partial charge >= 0.3 is 0 Å². The van der Waals surface area contributed by atoms with Crippen molar-refractivity contribution >= 4 is 32.3 Å². The Labute approximate surface area is 172 Å². The molecule has 0 radical (unpaired) electrons. The van der Waals surface area contributed by atoms with Crippen LogP contribution >= 0.6 is 0 Å². The van der Waals surface area contributed by atoms with Gasteiger partial charge in [0.25, 0.3) is 0 Å². The average Bonchev–Trinajstić information content (AvgIpc) is 2.72. The van der Waals surface area contributed by atoms with Gasteiger partial charge in [0, 0.05) is 0 Å². The van der Waals surface area contributed by atoms with E-state index in [2.05, 4.69) is 93.6 Å². The van der Waals surface area contributed by atoms with Crippen molar-refractivity contribution in [3.8, 4) is 16.9 Å². The Kier molecular flexibility index (Phi) is 4.03. The molecule has 0 aliphatic carbocycles. The van der Waals surface area contributed by atoms with Gasteiger partial charge in [0.1, 0.15) is 5.75 Å². The number of ether oxygens (including phenoxy) is 1. The lowest BCUT2D eigenvalue weighted by Gasteiger charge is -2.22. The van der Waals surface area contributed by atoms with Crippen LogP contribution in [-0.2, 0) is 5.41 Å². The van der Waals surface area contributed by atoms with Crippen LogP contribution in [0, 0.1) is 0 Å². The van der Waals surface area contributed by atoms with Crippen LogP contribution in [0.15, 0.2) is 72.8 Å². The summed E-state index contributed by atoms with van der Waals surface area (Å²) in [6.45, 7) is 9.55. The first-order valence-corrected chi connectivity index (χ1v) is 10.4. The average molecular weight is 379 g/mol. The summed E-state index contributed by atoms with van der Waals surface area (Å²) in [6.07, 6.45) is 0. The lowest BCUT2D eigenvalue weighted by Crippen LogP contribution is -2.10. The van der Waals surface area contributed by atoms with Crippen LogP contribution in [-0.4, -0.2) is 6.61 Å². The molecule has 0 aliphatic heterocycles. The third-order valence-corrected chi connectivity index (χ3v) is 5.94. The lowest BCUT2D eigenvalue weighted by molar-refractivity contribution is 0.340. The molecule has 0 amide bonds. The minimum Gasteiger partial charge on any atom is -0.494 e. The van der Waals surface area contributed by atoms with E-state index in [1.54, 1.807) is 0 Å². The molecule has 5 aromatic rings. The van der Waals surface area contributed by atoms with Gasteiger partial charge in [-0.15, -0.1) is 0 Å². The molecule has 1 nitrogen and oxygen atoms in total. The fraction of sp³-hybridized carbons (Fsp3) is 0.214. The molecule has 0 fully saturated rings. The summed E-state index contributed by atoms with van der Waals surface area (Å²) in [7, 11) is 0. The van der Waals surface area contributed by atoms with Crippen LogP contribution in [0.4, 0.5) is 0 Å². The number of hydrogen-bond donors (Lipinski definition) is 0. The Hall–Kier alpha value is -3.06. The quantitative estimate of drug-likeness (QED) is 0.289. The van der Waals surface area contributed by atoms with Gasteiger partial charge in [0.05, 0.1) is 6.61 Å². The molecule has 144 valence electrons. The van der Waals surface area contributed by atoms with E-state index in [4.69, 9.17) is 4.74 Å². The molecule has 0 aromatic heterocycles. The highest BCUT2D eigenvalue weighted by Crippen LogP contribution is 2.41. The molecular formula is C28H26O. The monoisotopic (exact) mass is 378 g/mol. The van der Waals surface area contributed by atoms with Crippen molar-refractivity contribution in [3.63, 3.8) is 0 Å². The van der Waals surface area contributed by atoms with Gasteiger partial charge in [0.15, 0.2) is 0 Å². The second kappa shape index (κ2) is 6.49. The van der Waals surface area contributed by atoms with E-state index in [1.165, 1.54) is 49.0 Å². The van der Waals surface area contributed by atoms with Crippen LogP contribution in [0.5, 0.6) is 5.75 Å². The molecule has 1 heteroatoms. The maximum atomic E-state index is 5.62. The van der Waals surface area contributed by atoms with Crippen LogP contribution < -0.4 is 4.74 Å². The van der Waals surface area contributed by atoms with Gasteiger partial charge in [-0.2, -0.15) is 0 Å². The Balaban J connectivity index is 1.78. The molecule has 29 heavy (non-hydrogen) atoms. The molecule has 0 bridgehead atoms. The Bertz CT molecular complexity index is 1300. The normalized spacial score (nSPS) is 12.3. The smallest absolute Gasteiger partial charge is 0.119 e. The second-order valence-electron chi connectivity index (χ2n) is 8.89. The predicted molar refractivity (Wildman–Crippen MR) is 125 cm³/mol. The van der Waals surface area contributed by atoms with Crippen molar-refractivity contribution < 1.29 is 4.74 Å². The zero-order valence-corrected chi connectivity index (χ0v) is 17.5. The van der Waals surface area contributed by atoms with Crippen LogP contribution in [0.3, 0.4) is 0 Å². The van der Waals surface area contributed by atoms with Crippen molar-refractivity contribution in [2.45, 2.75) is 33.1 Å². The molecule has 0 aliphatic rings. The van der Waals surface area contributed by atoms with E-state index in [0.29, 0.717) is 6.61 Å². The third-order valence-electron chi connectivity index (χ3n) is 5.94. The zero-order chi connectivity index (χ0) is 20.2. The van der Waals surface area contributed by atoms with E-state index in [-0.39, 0.29) is 5.41 Å². The fourth-order valence-corrected chi connectivity index (χ4v) is 4.40. The van der Waals surface area contributed by atoms with Crippen molar-refractivity contribution in [1.29, 1.82) is 0 Å². The largest absolute Gasteiger partial charge is 0.494 e. The molecule has 0 saturated heterocycles. The summed E-state index contributed by atoms with van der Waals surface area (Å²) in [4.78, 5) is 0. The van der Waals surface area contributed by atoms with E-state index < -0.39 is 0 Å². The molecule has 0 atom stereocenters. The van der Waals surface area contributed by atoms with Crippen molar-refractivity contribution in [1.82, 2.24) is 0 Å². The molecule has 0 N–H and O–H groups in total. The minimum absolute atomic E-state index is 0.137. The summed E-state index contributed by atoms with van der Waals surface area (Å²) in [5.74, 6) is 0.920. The van der Waals surface area contributed by atoms with Gasteiger partial charge in [-0.05, 0) is 73.5 Å². The van der Waals surface area contributed by atoms with E-state index in [0.717, 1.165) is 5.75 Å². The first kappa shape index (κ1) is 18.0. The standard InChI is InChI=1S/C28H26O/c1-5-29-23-12-8-18(9-13-23)24-14-10-19-6-7-20-16-22(28(2,3)4)17-21-11-15-25(24)27(19)26(20)21/h6-17H,5H2,1-4H3. The Morgan fingerprint density at radius 1 is 0.690 bits per heavy atom. The first-order chi connectivity index (χ1) is 14.0. The maximum Gasteiger partial charge on any atom is 0.119 e. The van der Waals surface area contributed by atoms with Gasteiger partial charge < -0.3 is 4.74 Å². The van der Waals surface area contributed by atoms with Crippen molar-refractivity contribution in [2.24, 2.45) is 0 Å². The van der Waals surface area contributed by atoms with Crippen LogP contribution in [0.2, 0.25) is 0 Å². The summed E-state index contributed by atoms with van der Waals surface area (Å²) >= 11 is 0. The minimum atomic E-state index is 0.137. The second-order valence-corrected chi connectivity index (χ2v) is 8.89. The summed E-state index contributed by atoms with van der Waals surface area (Å²) in [5, 5.41) is 8.01. The zero-order valence-electron chi connectivity index (χ0n) is 17.5. The van der Waals surface area contributed by atoms with Gasteiger partial charge in [-0.1, -0.05) is 81.4 Å². The topological polar surface area (TPSA) is 9.23 Å². The number of rotatable bonds is 3. The Morgan fingerprint density at radius 2 is 1.31 bits per heavy atom. The highest BCUT2D eigenvalue weighted by Gasteiger charge is 2.18. The molecule has 0 unspecified atom stereocenters. The summed E-state index contributed by atoms with van der Waals surface area (Å²) < 4.78 is 5.62. The molecule has 5 aromatic carbocycles. The number of benzene rings is 5. The predicted octanol–water partition coefficient (Wildman–Crippen LogP) is 7.95. The van der Waals surface area contributed by atoms with E-state index in [9.17, 15) is 0 Å². The fourth-order valence-electron chi connectivity index (χ4n) is 4.40. The Morgan fingerprint density at radius 3 is 1.97 bits per heavy atom. The van der Waals surface area contributed by atoms with E-state index >= 15 is 0 Å². The van der Waals surface area contributed by atoms with Crippen LogP contribution in [0.25, 0.3) is 43.4 Å². The highest BCUT2D eigenvalue weighted by atomic mass is 16.5. The van der Waals surface area contributed by atoms with Gasteiger partial charge in [0.2, 0.25) is 0 Å². The molecule has 0 spiro atoms. The van der Waals surface area contributed by atoms with Gasteiger partial charge in [-0.25, -0.2) is 0 Å². The van der Waals surface area contributed by atoms with Gasteiger partial charge in [-0.3, -0.25) is 0 Å². The number of hydrogen-bond acceptors (Lipinski definition) is 1. The summed E-state index contributed by atoms with van der Waals surface area (Å²) in [5.41, 5.74) is 4.02. The summed E-state index contributed by atoms with van der Waals surface area (Å²) in [6, 6.07) is 26.8. The molecule has 0 heterocycles. The molecular weight excluding hydrogens is 352 g/mol. The van der Waals surface area contributed by atoms with Crippen molar-refractivity contribution in [2.75, 3.05) is 6.61 Å². The SMILES string of the molecule is CCOc1ccc(-c2ccc3ccc4cc(C(C)(C)C)cc5ccc2c3c45)cc1. The highest BCUT2D eigenvalue weighted by molar-refractivity contribution is 6.25. The molecule has 0 saturated carbocycles. The first-order valence-electron chi connectivity index (χ1n) is 10.4. The molecule has 5 rings (SSSR count). The maximum absolute atomic E-state index is 5.62. The van der Waals surface area contributed by atoms with Crippen molar-refractivity contribution in [3.05, 3.63) is 78.4 Å². The van der Waals surface area contributed by atoms with Crippen LogP contribution in [0.1, 0.15) is 33.3 Å².